The van der Waals surface area contributed by atoms with E-state index < -0.39 is 53.8 Å². The molecule has 3 heterocycles. The summed E-state index contributed by atoms with van der Waals surface area (Å²) >= 11 is 0. The van der Waals surface area contributed by atoms with Crippen molar-refractivity contribution in [2.45, 2.75) is 77.2 Å². The van der Waals surface area contributed by atoms with Crippen LogP contribution in [0.15, 0.2) is 35.3 Å². The number of halogens is 6. The number of hydrogen-bond donors (Lipinski definition) is 0. The standard InChI is InChI=1S/C27H32F6N4O4/c1-25(2,3)41-24(39)35-10-8-17(9-11-35)15-40-20-12-34-22(37(23(20)38)16-26(28,29)30)21(27(31,32)33)36-13-18-6-4-5-7-19(18)14-36/h4-7,12,17,21H,8-11,13-16H2,1-3H3. The highest BCUT2D eigenvalue weighted by Gasteiger charge is 2.49. The zero-order valence-electron chi connectivity index (χ0n) is 22.9. The summed E-state index contributed by atoms with van der Waals surface area (Å²) in [6, 6.07) is 4.07. The fraction of sp³-hybridized carbons (Fsp3) is 0.593. The second-order valence-corrected chi connectivity index (χ2v) is 11.3. The van der Waals surface area contributed by atoms with Crippen molar-refractivity contribution in [1.29, 1.82) is 0 Å². The van der Waals surface area contributed by atoms with Gasteiger partial charge in [0.2, 0.25) is 5.75 Å². The minimum absolute atomic E-state index is 0.0155. The molecule has 1 saturated heterocycles. The summed E-state index contributed by atoms with van der Waals surface area (Å²) in [7, 11) is 0. The van der Waals surface area contributed by atoms with E-state index in [1.165, 1.54) is 4.90 Å². The van der Waals surface area contributed by atoms with Crippen LogP contribution in [0.1, 0.15) is 56.6 Å². The van der Waals surface area contributed by atoms with Crippen molar-refractivity contribution >= 4 is 6.09 Å². The molecule has 2 aliphatic rings. The van der Waals surface area contributed by atoms with E-state index in [0.717, 1.165) is 11.1 Å². The molecule has 1 atom stereocenters. The number of carbonyl (C=O) groups is 1. The van der Waals surface area contributed by atoms with Crippen molar-refractivity contribution in [3.63, 3.8) is 0 Å². The van der Waals surface area contributed by atoms with Gasteiger partial charge in [-0.3, -0.25) is 14.3 Å². The van der Waals surface area contributed by atoms with E-state index in [9.17, 15) is 35.9 Å². The van der Waals surface area contributed by atoms with E-state index in [4.69, 9.17) is 9.47 Å². The maximum Gasteiger partial charge on any atom is 0.411 e. The highest BCUT2D eigenvalue weighted by atomic mass is 19.4. The smallest absolute Gasteiger partial charge is 0.411 e. The lowest BCUT2D eigenvalue weighted by Gasteiger charge is -2.33. The van der Waals surface area contributed by atoms with Crippen LogP contribution in [-0.2, 0) is 24.4 Å². The first-order valence-corrected chi connectivity index (χ1v) is 13.2. The Labute approximate surface area is 232 Å². The molecule has 0 aliphatic carbocycles. The summed E-state index contributed by atoms with van der Waals surface area (Å²) in [6.45, 7) is 3.59. The molecule has 0 radical (unpaired) electrons. The first-order chi connectivity index (χ1) is 19.0. The maximum atomic E-state index is 14.3. The van der Waals surface area contributed by atoms with Gasteiger partial charge in [0.05, 0.1) is 12.8 Å². The Morgan fingerprint density at radius 2 is 1.61 bits per heavy atom. The normalized spacial score (nSPS) is 17.8. The number of rotatable bonds is 6. The van der Waals surface area contributed by atoms with Gasteiger partial charge in [-0.1, -0.05) is 24.3 Å². The van der Waals surface area contributed by atoms with Crippen LogP contribution in [0, 0.1) is 5.92 Å². The molecule has 2 aromatic rings. The number of ether oxygens (including phenoxy) is 2. The molecule has 1 amide bonds. The third-order valence-electron chi connectivity index (χ3n) is 6.91. The van der Waals surface area contributed by atoms with Crippen molar-refractivity contribution in [3.05, 3.63) is 57.8 Å². The minimum Gasteiger partial charge on any atom is -0.486 e. The first kappa shape index (κ1) is 30.7. The Bertz CT molecular complexity index is 1270. The van der Waals surface area contributed by atoms with Gasteiger partial charge in [0.1, 0.15) is 18.0 Å². The van der Waals surface area contributed by atoms with Gasteiger partial charge in [0, 0.05) is 26.2 Å². The van der Waals surface area contributed by atoms with Crippen molar-refractivity contribution in [3.8, 4) is 5.75 Å². The Morgan fingerprint density at radius 1 is 1.02 bits per heavy atom. The molecule has 0 bridgehead atoms. The zero-order valence-corrected chi connectivity index (χ0v) is 22.9. The monoisotopic (exact) mass is 590 g/mol. The van der Waals surface area contributed by atoms with Crippen molar-refractivity contribution < 1.29 is 40.6 Å². The third kappa shape index (κ3) is 7.72. The average molecular weight is 591 g/mol. The zero-order chi connectivity index (χ0) is 30.2. The van der Waals surface area contributed by atoms with Crippen LogP contribution >= 0.6 is 0 Å². The molecule has 1 unspecified atom stereocenters. The molecule has 1 fully saturated rings. The van der Waals surface area contributed by atoms with Crippen molar-refractivity contribution in [1.82, 2.24) is 19.4 Å². The highest BCUT2D eigenvalue weighted by Crippen LogP contribution is 2.41. The molecule has 0 N–H and O–H groups in total. The Morgan fingerprint density at radius 3 is 2.12 bits per heavy atom. The number of carbonyl (C=O) groups excluding carboxylic acids is 1. The lowest BCUT2D eigenvalue weighted by atomic mass is 9.98. The summed E-state index contributed by atoms with van der Waals surface area (Å²) in [6.07, 6.45) is -8.74. The van der Waals surface area contributed by atoms with E-state index in [-0.39, 0.29) is 30.2 Å². The number of benzene rings is 1. The summed E-state index contributed by atoms with van der Waals surface area (Å²) in [5.41, 5.74) is -0.770. The van der Waals surface area contributed by atoms with E-state index >= 15 is 0 Å². The van der Waals surface area contributed by atoms with E-state index in [1.54, 1.807) is 45.0 Å². The second kappa shape index (κ2) is 11.5. The summed E-state index contributed by atoms with van der Waals surface area (Å²) < 4.78 is 94.4. The van der Waals surface area contributed by atoms with Crippen LogP contribution in [0.4, 0.5) is 31.1 Å². The van der Waals surface area contributed by atoms with Crippen LogP contribution in [0.2, 0.25) is 0 Å². The van der Waals surface area contributed by atoms with E-state index in [0.29, 0.717) is 37.1 Å². The van der Waals surface area contributed by atoms with Gasteiger partial charge < -0.3 is 14.4 Å². The Kier molecular flexibility index (Phi) is 8.63. The molecular weight excluding hydrogens is 558 g/mol. The van der Waals surface area contributed by atoms with Gasteiger partial charge >= 0.3 is 18.4 Å². The molecule has 1 aromatic heterocycles. The molecule has 0 spiro atoms. The van der Waals surface area contributed by atoms with Crippen molar-refractivity contribution in [2.75, 3.05) is 19.7 Å². The van der Waals surface area contributed by atoms with Crippen LogP contribution in [-0.4, -0.2) is 63.1 Å². The number of likely N-dealkylation sites (tertiary alicyclic amines) is 1. The largest absolute Gasteiger partial charge is 0.486 e. The number of nitrogens with zero attached hydrogens (tertiary/aromatic N) is 4. The second-order valence-electron chi connectivity index (χ2n) is 11.3. The van der Waals surface area contributed by atoms with Gasteiger partial charge in [-0.15, -0.1) is 0 Å². The topological polar surface area (TPSA) is 76.9 Å². The fourth-order valence-electron chi connectivity index (χ4n) is 5.01. The lowest BCUT2D eigenvalue weighted by Crippen LogP contribution is -2.43. The van der Waals surface area contributed by atoms with Crippen LogP contribution in [0.5, 0.6) is 5.75 Å². The first-order valence-electron chi connectivity index (χ1n) is 13.2. The molecule has 226 valence electrons. The summed E-state index contributed by atoms with van der Waals surface area (Å²) in [4.78, 5) is 31.6. The van der Waals surface area contributed by atoms with E-state index in [2.05, 4.69) is 4.98 Å². The number of alkyl halides is 6. The van der Waals surface area contributed by atoms with Gasteiger partial charge in [-0.25, -0.2) is 9.78 Å². The molecule has 4 rings (SSSR count). The molecule has 1 aromatic carbocycles. The molecule has 41 heavy (non-hydrogen) atoms. The number of piperidine rings is 1. The number of hydrogen-bond acceptors (Lipinski definition) is 6. The number of fused-ring (bicyclic) bond motifs is 1. The molecular formula is C27H32F6N4O4. The quantitative estimate of drug-likeness (QED) is 0.417. The van der Waals surface area contributed by atoms with Gasteiger partial charge in [-0.2, -0.15) is 26.3 Å². The lowest BCUT2D eigenvalue weighted by molar-refractivity contribution is -0.193. The summed E-state index contributed by atoms with van der Waals surface area (Å²) in [5, 5.41) is 0. The number of amides is 1. The highest BCUT2D eigenvalue weighted by molar-refractivity contribution is 5.68. The SMILES string of the molecule is CC(C)(C)OC(=O)N1CCC(COc2cnc(C(N3Cc4ccccc4C3)C(F)(F)F)n(CC(F)(F)F)c2=O)CC1. The maximum absolute atomic E-state index is 14.3. The van der Waals surface area contributed by atoms with Gasteiger partial charge in [0.25, 0.3) is 5.56 Å². The van der Waals surface area contributed by atoms with E-state index in [1.807, 2.05) is 0 Å². The van der Waals surface area contributed by atoms with Crippen molar-refractivity contribution in [2.24, 2.45) is 5.92 Å². The molecule has 2 aliphatic heterocycles. The molecule has 14 heteroatoms. The summed E-state index contributed by atoms with van der Waals surface area (Å²) in [5.74, 6) is -1.77. The predicted molar refractivity (Wildman–Crippen MR) is 135 cm³/mol. The van der Waals surface area contributed by atoms with Gasteiger partial charge in [-0.05, 0) is 50.7 Å². The number of aromatic nitrogens is 2. The predicted octanol–water partition coefficient (Wildman–Crippen LogP) is 5.45. The molecule has 0 saturated carbocycles. The average Bonchev–Trinajstić information content (AvgIpc) is 3.27. The fourth-order valence-corrected chi connectivity index (χ4v) is 5.01. The van der Waals surface area contributed by atoms with Crippen LogP contribution < -0.4 is 10.3 Å². The minimum atomic E-state index is -5.01. The Balaban J connectivity index is 1.53. The third-order valence-corrected chi connectivity index (χ3v) is 6.91. The van der Waals surface area contributed by atoms with Crippen LogP contribution in [0.3, 0.4) is 0 Å². The van der Waals surface area contributed by atoms with Crippen LogP contribution in [0.25, 0.3) is 0 Å². The molecule has 8 nitrogen and oxygen atoms in total. The Hall–Kier alpha value is -3.29. The van der Waals surface area contributed by atoms with Gasteiger partial charge in [0.15, 0.2) is 6.04 Å².